The van der Waals surface area contributed by atoms with Crippen LogP contribution in [0.4, 0.5) is 0 Å². The van der Waals surface area contributed by atoms with E-state index in [1.807, 2.05) is 19.9 Å². The molecule has 1 aromatic carbocycles. The van der Waals surface area contributed by atoms with E-state index >= 15 is 0 Å². The van der Waals surface area contributed by atoms with Gasteiger partial charge in [0.15, 0.2) is 0 Å². The molecule has 1 atom stereocenters. The Hall–Kier alpha value is -0.140. The minimum Gasteiger partial charge on any atom is -0.327 e. The Kier molecular flexibility index (Phi) is 6.04. The summed E-state index contributed by atoms with van der Waals surface area (Å²) in [6.45, 7) is 4.69. The highest BCUT2D eigenvalue weighted by molar-refractivity contribution is 9.10. The average molecular weight is 384 g/mol. The maximum Gasteiger partial charge on any atom is 0.243 e. The van der Waals surface area contributed by atoms with E-state index in [1.165, 1.54) is 4.31 Å². The van der Waals surface area contributed by atoms with Crippen LogP contribution in [0.3, 0.4) is 0 Å². The maximum absolute atomic E-state index is 12.7. The molecule has 1 aliphatic heterocycles. The van der Waals surface area contributed by atoms with Crippen LogP contribution in [0.1, 0.15) is 24.0 Å². The van der Waals surface area contributed by atoms with Gasteiger partial charge in [-0.1, -0.05) is 15.9 Å². The maximum atomic E-state index is 12.7. The topological polar surface area (TPSA) is 63.4 Å². The Labute approximate surface area is 135 Å². The molecule has 2 rings (SSSR count). The fourth-order valence-corrected chi connectivity index (χ4v) is 4.65. The number of halogens is 2. The lowest BCUT2D eigenvalue weighted by molar-refractivity contribution is 0.316. The van der Waals surface area contributed by atoms with Gasteiger partial charge >= 0.3 is 0 Å². The standard InChI is InChI=1S/C13H19BrN2O2S.ClH/c1-9-7-13(10(2)6-12(9)14)19(17,18)16-5-3-4-11(15)8-16;/h6-7,11H,3-5,8,15H2,1-2H3;1H. The third-order valence-corrected chi connectivity index (χ3v) is 6.36. The van der Waals surface area contributed by atoms with Gasteiger partial charge < -0.3 is 5.73 Å². The highest BCUT2D eigenvalue weighted by Gasteiger charge is 2.30. The highest BCUT2D eigenvalue weighted by atomic mass is 79.9. The van der Waals surface area contributed by atoms with Crippen molar-refractivity contribution in [2.45, 2.75) is 37.6 Å². The largest absolute Gasteiger partial charge is 0.327 e. The normalized spacial score (nSPS) is 20.5. The zero-order valence-corrected chi connectivity index (χ0v) is 14.8. The summed E-state index contributed by atoms with van der Waals surface area (Å²) in [5, 5.41) is 0. The van der Waals surface area contributed by atoms with E-state index in [2.05, 4.69) is 15.9 Å². The minimum absolute atomic E-state index is 0. The number of hydrogen-bond acceptors (Lipinski definition) is 3. The average Bonchev–Trinajstić information content (AvgIpc) is 2.33. The Balaban J connectivity index is 0.00000200. The van der Waals surface area contributed by atoms with Gasteiger partial charge in [-0.05, 0) is 49.9 Å². The van der Waals surface area contributed by atoms with Gasteiger partial charge in [-0.2, -0.15) is 4.31 Å². The first kappa shape index (κ1) is 17.9. The van der Waals surface area contributed by atoms with Crippen molar-refractivity contribution in [3.8, 4) is 0 Å². The number of hydrogen-bond donors (Lipinski definition) is 1. The molecule has 0 aliphatic carbocycles. The molecule has 1 aromatic rings. The van der Waals surface area contributed by atoms with Gasteiger partial charge in [0, 0.05) is 23.6 Å². The second-order valence-electron chi connectivity index (χ2n) is 5.13. The molecular weight excluding hydrogens is 364 g/mol. The van der Waals surface area contributed by atoms with Gasteiger partial charge in [-0.15, -0.1) is 12.4 Å². The van der Waals surface area contributed by atoms with Gasteiger partial charge in [0.05, 0.1) is 4.90 Å². The second kappa shape index (κ2) is 6.75. The van der Waals surface area contributed by atoms with Crippen LogP contribution in [0.25, 0.3) is 0 Å². The molecule has 0 radical (unpaired) electrons. The molecule has 0 aromatic heterocycles. The second-order valence-corrected chi connectivity index (χ2v) is 7.89. The Morgan fingerprint density at radius 3 is 2.55 bits per heavy atom. The van der Waals surface area contributed by atoms with Gasteiger partial charge in [-0.3, -0.25) is 0 Å². The van der Waals surface area contributed by atoms with Crippen molar-refractivity contribution < 1.29 is 8.42 Å². The van der Waals surface area contributed by atoms with Gasteiger partial charge in [0.25, 0.3) is 0 Å². The monoisotopic (exact) mass is 382 g/mol. The molecule has 1 fully saturated rings. The number of rotatable bonds is 2. The van der Waals surface area contributed by atoms with Crippen molar-refractivity contribution >= 4 is 38.4 Å². The zero-order chi connectivity index (χ0) is 14.2. The van der Waals surface area contributed by atoms with Crippen LogP contribution in [0.2, 0.25) is 0 Å². The number of piperidine rings is 1. The van der Waals surface area contributed by atoms with E-state index in [9.17, 15) is 8.42 Å². The third kappa shape index (κ3) is 3.54. The van der Waals surface area contributed by atoms with E-state index in [-0.39, 0.29) is 18.4 Å². The fourth-order valence-electron chi connectivity index (χ4n) is 2.36. The lowest BCUT2D eigenvalue weighted by atomic mass is 10.1. The molecule has 20 heavy (non-hydrogen) atoms. The molecule has 4 nitrogen and oxygen atoms in total. The number of aryl methyl sites for hydroxylation is 2. The summed E-state index contributed by atoms with van der Waals surface area (Å²) in [4.78, 5) is 0.391. The molecule has 1 heterocycles. The van der Waals surface area contributed by atoms with Crippen molar-refractivity contribution in [3.05, 3.63) is 27.7 Å². The summed E-state index contributed by atoms with van der Waals surface area (Å²) in [5.41, 5.74) is 7.56. The zero-order valence-electron chi connectivity index (χ0n) is 11.6. The number of sulfonamides is 1. The summed E-state index contributed by atoms with van der Waals surface area (Å²) in [6.07, 6.45) is 1.72. The Bertz CT molecular complexity index is 592. The van der Waals surface area contributed by atoms with Crippen molar-refractivity contribution in [2.24, 2.45) is 5.73 Å². The fraction of sp³-hybridized carbons (Fsp3) is 0.538. The predicted molar refractivity (Wildman–Crippen MR) is 86.8 cm³/mol. The molecule has 0 amide bonds. The van der Waals surface area contributed by atoms with E-state index in [4.69, 9.17) is 5.73 Å². The molecule has 0 saturated carbocycles. The van der Waals surface area contributed by atoms with Gasteiger partial charge in [-0.25, -0.2) is 8.42 Å². The minimum atomic E-state index is -3.43. The molecule has 1 aliphatic rings. The molecule has 2 N–H and O–H groups in total. The lowest BCUT2D eigenvalue weighted by Gasteiger charge is -2.30. The molecule has 0 bridgehead atoms. The van der Waals surface area contributed by atoms with Gasteiger partial charge in [0.2, 0.25) is 10.0 Å². The first-order valence-corrected chi connectivity index (χ1v) is 8.58. The summed E-state index contributed by atoms with van der Waals surface area (Å²) in [7, 11) is -3.43. The van der Waals surface area contributed by atoms with Crippen LogP contribution in [0, 0.1) is 13.8 Å². The van der Waals surface area contributed by atoms with Crippen LogP contribution in [-0.2, 0) is 10.0 Å². The summed E-state index contributed by atoms with van der Waals surface area (Å²) < 4.78 is 27.8. The van der Waals surface area contributed by atoms with Crippen LogP contribution in [0.15, 0.2) is 21.5 Å². The Morgan fingerprint density at radius 1 is 1.30 bits per heavy atom. The highest BCUT2D eigenvalue weighted by Crippen LogP contribution is 2.27. The van der Waals surface area contributed by atoms with Crippen LogP contribution in [0.5, 0.6) is 0 Å². The van der Waals surface area contributed by atoms with Crippen molar-refractivity contribution in [1.82, 2.24) is 4.31 Å². The number of nitrogens with zero attached hydrogens (tertiary/aromatic N) is 1. The molecule has 0 spiro atoms. The molecule has 1 saturated heterocycles. The summed E-state index contributed by atoms with van der Waals surface area (Å²) in [6, 6.07) is 3.53. The van der Waals surface area contributed by atoms with Crippen LogP contribution in [-0.4, -0.2) is 31.9 Å². The molecule has 114 valence electrons. The lowest BCUT2D eigenvalue weighted by Crippen LogP contribution is -2.45. The summed E-state index contributed by atoms with van der Waals surface area (Å²) >= 11 is 3.42. The van der Waals surface area contributed by atoms with Crippen LogP contribution >= 0.6 is 28.3 Å². The summed E-state index contributed by atoms with van der Waals surface area (Å²) in [5.74, 6) is 0. The molecular formula is C13H20BrClN2O2S. The first-order chi connectivity index (χ1) is 8.82. The van der Waals surface area contributed by atoms with E-state index < -0.39 is 10.0 Å². The predicted octanol–water partition coefficient (Wildman–Crippen LogP) is 2.60. The van der Waals surface area contributed by atoms with E-state index in [1.54, 1.807) is 6.07 Å². The Morgan fingerprint density at radius 2 is 1.95 bits per heavy atom. The third-order valence-electron chi connectivity index (χ3n) is 3.49. The van der Waals surface area contributed by atoms with Crippen molar-refractivity contribution in [2.75, 3.05) is 13.1 Å². The van der Waals surface area contributed by atoms with Crippen molar-refractivity contribution in [1.29, 1.82) is 0 Å². The van der Waals surface area contributed by atoms with Gasteiger partial charge in [0.1, 0.15) is 0 Å². The smallest absolute Gasteiger partial charge is 0.243 e. The van der Waals surface area contributed by atoms with E-state index in [0.29, 0.717) is 18.0 Å². The molecule has 1 unspecified atom stereocenters. The number of benzene rings is 1. The van der Waals surface area contributed by atoms with Crippen molar-refractivity contribution in [3.63, 3.8) is 0 Å². The quantitative estimate of drug-likeness (QED) is 0.854. The molecule has 7 heteroatoms. The number of nitrogens with two attached hydrogens (primary N) is 1. The van der Waals surface area contributed by atoms with Crippen LogP contribution < -0.4 is 5.73 Å². The first-order valence-electron chi connectivity index (χ1n) is 6.35. The SMILES string of the molecule is Cc1cc(S(=O)(=O)N2CCCC(N)C2)c(C)cc1Br.Cl. The van der Waals surface area contributed by atoms with E-state index in [0.717, 1.165) is 28.4 Å².